The highest BCUT2D eigenvalue weighted by atomic mass is 32.2. The zero-order chi connectivity index (χ0) is 21.0. The van der Waals surface area contributed by atoms with Crippen molar-refractivity contribution in [3.8, 4) is 0 Å². The standard InChI is InChI=1S/C21H23N3O4S/c1-23(15-17-9-6-8-16-7-4-5-10-20(16)17)21(25)22-18-11-13-19(14-12-18)29(26,27)24(2)28-3/h4-14H,15H2,1-3H3,(H,22,25). The molecule has 1 N–H and O–H groups in total. The van der Waals surface area contributed by atoms with E-state index in [1.54, 1.807) is 24.1 Å². The van der Waals surface area contributed by atoms with E-state index in [-0.39, 0.29) is 10.9 Å². The van der Waals surface area contributed by atoms with Gasteiger partial charge in [0.2, 0.25) is 0 Å². The van der Waals surface area contributed by atoms with Gasteiger partial charge in [-0.15, -0.1) is 0 Å². The molecule has 0 aliphatic rings. The van der Waals surface area contributed by atoms with E-state index in [0.717, 1.165) is 20.8 Å². The molecule has 0 atom stereocenters. The van der Waals surface area contributed by atoms with Crippen LogP contribution in [0.4, 0.5) is 10.5 Å². The lowest BCUT2D eigenvalue weighted by Crippen LogP contribution is -2.31. The Morgan fingerprint density at radius 3 is 2.31 bits per heavy atom. The van der Waals surface area contributed by atoms with E-state index in [2.05, 4.69) is 5.32 Å². The van der Waals surface area contributed by atoms with E-state index in [0.29, 0.717) is 12.2 Å². The number of hydrogen-bond donors (Lipinski definition) is 1. The Kier molecular flexibility index (Phi) is 6.17. The summed E-state index contributed by atoms with van der Waals surface area (Å²) in [6.07, 6.45) is 0. The minimum Gasteiger partial charge on any atom is -0.323 e. The molecule has 0 aliphatic carbocycles. The lowest BCUT2D eigenvalue weighted by molar-refractivity contribution is -0.0258. The van der Waals surface area contributed by atoms with E-state index in [1.165, 1.54) is 26.3 Å². The molecule has 0 aliphatic heterocycles. The molecule has 0 heterocycles. The SMILES string of the molecule is CON(C)S(=O)(=O)c1ccc(NC(=O)N(C)Cc2cccc3ccccc23)cc1. The summed E-state index contributed by atoms with van der Waals surface area (Å²) < 4.78 is 25.2. The smallest absolute Gasteiger partial charge is 0.321 e. The first-order chi connectivity index (χ1) is 13.8. The molecule has 8 heteroatoms. The number of sulfonamides is 1. The molecule has 0 unspecified atom stereocenters. The van der Waals surface area contributed by atoms with Gasteiger partial charge < -0.3 is 10.2 Å². The van der Waals surface area contributed by atoms with E-state index >= 15 is 0 Å². The van der Waals surface area contributed by atoms with E-state index in [1.807, 2.05) is 42.5 Å². The van der Waals surface area contributed by atoms with Gasteiger partial charge in [0.15, 0.2) is 0 Å². The summed E-state index contributed by atoms with van der Waals surface area (Å²) in [7, 11) is 0.576. The zero-order valence-electron chi connectivity index (χ0n) is 16.5. The highest BCUT2D eigenvalue weighted by molar-refractivity contribution is 7.89. The summed E-state index contributed by atoms with van der Waals surface area (Å²) in [4.78, 5) is 19.0. The number of urea groups is 1. The molecular weight excluding hydrogens is 390 g/mol. The molecule has 0 radical (unpaired) electrons. The van der Waals surface area contributed by atoms with Crippen molar-refractivity contribution in [3.63, 3.8) is 0 Å². The Labute approximate surface area is 170 Å². The molecule has 0 saturated carbocycles. The highest BCUT2D eigenvalue weighted by Gasteiger charge is 2.20. The first-order valence-electron chi connectivity index (χ1n) is 8.95. The second-order valence-electron chi connectivity index (χ2n) is 6.55. The summed E-state index contributed by atoms with van der Waals surface area (Å²) in [6.45, 7) is 0.443. The van der Waals surface area contributed by atoms with Gasteiger partial charge in [-0.1, -0.05) is 46.9 Å². The van der Waals surface area contributed by atoms with E-state index < -0.39 is 10.0 Å². The molecule has 152 valence electrons. The normalized spacial score (nSPS) is 11.6. The van der Waals surface area contributed by atoms with E-state index in [4.69, 9.17) is 4.84 Å². The lowest BCUT2D eigenvalue weighted by Gasteiger charge is -2.19. The maximum atomic E-state index is 12.6. The Hall–Kier alpha value is -2.94. The summed E-state index contributed by atoms with van der Waals surface area (Å²) in [5, 5.41) is 5.00. The van der Waals surface area contributed by atoms with Crippen molar-refractivity contribution in [3.05, 3.63) is 72.3 Å². The molecule has 3 aromatic carbocycles. The van der Waals surface area contributed by atoms with E-state index in [9.17, 15) is 13.2 Å². The Morgan fingerprint density at radius 1 is 0.966 bits per heavy atom. The third kappa shape index (κ3) is 4.56. The predicted octanol–water partition coefficient (Wildman–Crippen LogP) is 3.69. The highest BCUT2D eigenvalue weighted by Crippen LogP contribution is 2.21. The molecule has 0 saturated heterocycles. The van der Waals surface area contributed by atoms with Crippen LogP contribution in [-0.4, -0.2) is 45.0 Å². The van der Waals surface area contributed by atoms with Crippen LogP contribution in [0.25, 0.3) is 10.8 Å². The second kappa shape index (κ2) is 8.60. The molecule has 7 nitrogen and oxygen atoms in total. The number of anilines is 1. The van der Waals surface area contributed by atoms with Crippen molar-refractivity contribution >= 4 is 32.5 Å². The average molecular weight is 413 g/mol. The predicted molar refractivity (Wildman–Crippen MR) is 113 cm³/mol. The number of carbonyl (C=O) groups excluding carboxylic acids is 1. The largest absolute Gasteiger partial charge is 0.323 e. The number of nitrogens with zero attached hydrogens (tertiary/aromatic N) is 2. The lowest BCUT2D eigenvalue weighted by atomic mass is 10.0. The van der Waals surface area contributed by atoms with Crippen LogP contribution in [0.5, 0.6) is 0 Å². The van der Waals surface area contributed by atoms with Gasteiger partial charge in [0.05, 0.1) is 12.0 Å². The third-order valence-corrected chi connectivity index (χ3v) is 6.33. The van der Waals surface area contributed by atoms with Crippen molar-refractivity contribution in [2.75, 3.05) is 26.5 Å². The fourth-order valence-corrected chi connectivity index (χ4v) is 3.91. The molecule has 2 amide bonds. The molecule has 3 rings (SSSR count). The van der Waals surface area contributed by atoms with Gasteiger partial charge in [-0.3, -0.25) is 4.84 Å². The summed E-state index contributed by atoms with van der Waals surface area (Å²) in [5.41, 5.74) is 1.54. The van der Waals surface area contributed by atoms with Crippen LogP contribution >= 0.6 is 0 Å². The molecule has 0 bridgehead atoms. The monoisotopic (exact) mass is 413 g/mol. The third-order valence-electron chi connectivity index (χ3n) is 4.63. The molecule has 29 heavy (non-hydrogen) atoms. The Morgan fingerprint density at radius 2 is 1.62 bits per heavy atom. The van der Waals surface area contributed by atoms with Gasteiger partial charge in [0.1, 0.15) is 0 Å². The van der Waals surface area contributed by atoms with Crippen LogP contribution in [0.3, 0.4) is 0 Å². The number of amides is 2. The van der Waals surface area contributed by atoms with Gasteiger partial charge in [-0.05, 0) is 40.6 Å². The van der Waals surface area contributed by atoms with Crippen molar-refractivity contribution < 1.29 is 18.0 Å². The van der Waals surface area contributed by atoms with Crippen molar-refractivity contribution in [2.45, 2.75) is 11.4 Å². The van der Waals surface area contributed by atoms with Crippen LogP contribution in [0.1, 0.15) is 5.56 Å². The van der Waals surface area contributed by atoms with Crippen molar-refractivity contribution in [1.29, 1.82) is 0 Å². The van der Waals surface area contributed by atoms with Crippen molar-refractivity contribution in [1.82, 2.24) is 9.37 Å². The minimum atomic E-state index is -3.72. The zero-order valence-corrected chi connectivity index (χ0v) is 17.3. The first-order valence-corrected chi connectivity index (χ1v) is 10.4. The van der Waals surface area contributed by atoms with Crippen LogP contribution in [0.2, 0.25) is 0 Å². The quantitative estimate of drug-likeness (QED) is 0.625. The summed E-state index contributed by atoms with van der Waals surface area (Å²) >= 11 is 0. The molecule has 0 fully saturated rings. The number of carbonyl (C=O) groups is 1. The van der Waals surface area contributed by atoms with Crippen LogP contribution in [-0.2, 0) is 21.4 Å². The number of benzene rings is 3. The fraction of sp³-hybridized carbons (Fsp3) is 0.190. The van der Waals surface area contributed by atoms with Gasteiger partial charge in [0, 0.05) is 26.3 Å². The first kappa shape index (κ1) is 20.8. The number of fused-ring (bicyclic) bond motifs is 1. The molecule has 3 aromatic rings. The van der Waals surface area contributed by atoms with Crippen molar-refractivity contribution in [2.24, 2.45) is 0 Å². The van der Waals surface area contributed by atoms with Gasteiger partial charge in [-0.2, -0.15) is 0 Å². The van der Waals surface area contributed by atoms with Gasteiger partial charge >= 0.3 is 6.03 Å². The molecule has 0 aromatic heterocycles. The number of hydroxylamine groups is 1. The van der Waals surface area contributed by atoms with Crippen LogP contribution in [0.15, 0.2) is 71.6 Å². The minimum absolute atomic E-state index is 0.0731. The Balaban J connectivity index is 1.70. The number of rotatable bonds is 6. The van der Waals surface area contributed by atoms with Crippen LogP contribution in [0, 0.1) is 0 Å². The average Bonchev–Trinajstić information content (AvgIpc) is 2.73. The maximum absolute atomic E-state index is 12.6. The second-order valence-corrected chi connectivity index (χ2v) is 8.48. The molecular formula is C21H23N3O4S. The molecule has 0 spiro atoms. The summed E-state index contributed by atoms with van der Waals surface area (Å²) in [5.74, 6) is 0. The maximum Gasteiger partial charge on any atom is 0.321 e. The van der Waals surface area contributed by atoms with Gasteiger partial charge in [-0.25, -0.2) is 13.2 Å². The fourth-order valence-electron chi connectivity index (χ4n) is 2.93. The Bertz CT molecular complexity index is 1110. The number of nitrogens with one attached hydrogen (secondary N) is 1. The van der Waals surface area contributed by atoms with Crippen LogP contribution < -0.4 is 5.32 Å². The topological polar surface area (TPSA) is 79.0 Å². The summed E-state index contributed by atoms with van der Waals surface area (Å²) in [6, 6.07) is 19.7. The number of hydrogen-bond acceptors (Lipinski definition) is 4. The van der Waals surface area contributed by atoms with Gasteiger partial charge in [0.25, 0.3) is 10.0 Å².